The monoisotopic (exact) mass is 393 g/mol. The summed E-state index contributed by atoms with van der Waals surface area (Å²) in [5, 5.41) is 13.3. The predicted molar refractivity (Wildman–Crippen MR) is 114 cm³/mol. The molecule has 4 rings (SSSR count). The van der Waals surface area contributed by atoms with Crippen molar-refractivity contribution < 1.29 is 9.90 Å². The maximum absolute atomic E-state index is 12.6. The van der Waals surface area contributed by atoms with Crippen LogP contribution in [0.5, 0.6) is 0 Å². The molecule has 0 spiro atoms. The lowest BCUT2D eigenvalue weighted by Gasteiger charge is -2.30. The van der Waals surface area contributed by atoms with E-state index >= 15 is 0 Å². The zero-order valence-electron chi connectivity index (χ0n) is 17.2. The van der Waals surface area contributed by atoms with E-state index in [1.165, 1.54) is 30.4 Å². The number of β-amino-alcohol motifs (C(OH)–C–C–N with tert-alkyl or cyclic N) is 1. The minimum absolute atomic E-state index is 0.131. The van der Waals surface area contributed by atoms with E-state index in [9.17, 15) is 9.90 Å². The highest BCUT2D eigenvalue weighted by molar-refractivity contribution is 5.94. The largest absolute Gasteiger partial charge is 0.390 e. The van der Waals surface area contributed by atoms with E-state index in [1.54, 1.807) is 0 Å². The zero-order valence-corrected chi connectivity index (χ0v) is 17.2. The molecule has 0 saturated heterocycles. The molecule has 29 heavy (non-hydrogen) atoms. The molecule has 5 nitrogen and oxygen atoms in total. The summed E-state index contributed by atoms with van der Waals surface area (Å²) in [6, 6.07) is 12.2. The van der Waals surface area contributed by atoms with Crippen molar-refractivity contribution in [3.05, 3.63) is 64.5 Å². The van der Waals surface area contributed by atoms with Gasteiger partial charge in [-0.3, -0.25) is 14.7 Å². The molecule has 0 radical (unpaired) electrons. The SMILES string of the molecule is Cc1cc(C(=O)NC[C@H](O)CN2CCc3ccccc3C2)cc(CC2CCC2)n1. The maximum Gasteiger partial charge on any atom is 0.251 e. The summed E-state index contributed by atoms with van der Waals surface area (Å²) in [6.07, 6.45) is 5.23. The molecule has 1 atom stereocenters. The van der Waals surface area contributed by atoms with Crippen LogP contribution in [0.15, 0.2) is 36.4 Å². The molecule has 1 fully saturated rings. The molecule has 2 heterocycles. The van der Waals surface area contributed by atoms with Gasteiger partial charge in [-0.2, -0.15) is 0 Å². The van der Waals surface area contributed by atoms with Gasteiger partial charge in [0.25, 0.3) is 5.91 Å². The van der Waals surface area contributed by atoms with Crippen molar-refractivity contribution in [1.29, 1.82) is 0 Å². The molecule has 2 aromatic rings. The Balaban J connectivity index is 1.28. The fourth-order valence-corrected chi connectivity index (χ4v) is 4.35. The number of aliphatic hydroxyl groups excluding tert-OH is 1. The van der Waals surface area contributed by atoms with E-state index < -0.39 is 6.10 Å². The number of amides is 1. The lowest BCUT2D eigenvalue weighted by atomic mass is 9.82. The second-order valence-corrected chi connectivity index (χ2v) is 8.61. The van der Waals surface area contributed by atoms with Crippen molar-refractivity contribution in [1.82, 2.24) is 15.2 Å². The Morgan fingerprint density at radius 2 is 2.07 bits per heavy atom. The number of aryl methyl sites for hydroxylation is 1. The minimum atomic E-state index is -0.582. The highest BCUT2D eigenvalue weighted by atomic mass is 16.3. The lowest BCUT2D eigenvalue weighted by molar-refractivity contribution is 0.0841. The van der Waals surface area contributed by atoms with Gasteiger partial charge in [0, 0.05) is 43.1 Å². The van der Waals surface area contributed by atoms with Crippen molar-refractivity contribution >= 4 is 5.91 Å². The van der Waals surface area contributed by atoms with Gasteiger partial charge >= 0.3 is 0 Å². The Hall–Kier alpha value is -2.24. The van der Waals surface area contributed by atoms with Crippen LogP contribution in [-0.4, -0.2) is 46.6 Å². The molecule has 1 aliphatic heterocycles. The molecule has 1 aromatic carbocycles. The standard InChI is InChI=1S/C24H31N3O2/c1-17-11-21(13-22(26-17)12-18-5-4-6-18)24(29)25-14-23(28)16-27-10-9-19-7-2-3-8-20(19)15-27/h2-3,7-8,11,13,18,23,28H,4-6,9-10,12,14-16H2,1H3,(H,25,29)/t23-/m0/s1. The fourth-order valence-electron chi connectivity index (χ4n) is 4.35. The highest BCUT2D eigenvalue weighted by Crippen LogP contribution is 2.29. The number of hydrogen-bond acceptors (Lipinski definition) is 4. The molecule has 2 aliphatic rings. The number of nitrogens with one attached hydrogen (secondary N) is 1. The summed E-state index contributed by atoms with van der Waals surface area (Å²) in [7, 11) is 0. The first-order chi connectivity index (χ1) is 14.1. The molecule has 1 amide bonds. The number of carbonyl (C=O) groups is 1. The molecular formula is C24H31N3O2. The summed E-state index contributed by atoms with van der Waals surface area (Å²) < 4.78 is 0. The number of hydrogen-bond donors (Lipinski definition) is 2. The summed E-state index contributed by atoms with van der Waals surface area (Å²) in [6.45, 7) is 4.56. The van der Waals surface area contributed by atoms with Crippen LogP contribution in [0, 0.1) is 12.8 Å². The van der Waals surface area contributed by atoms with Gasteiger partial charge in [0.05, 0.1) is 6.10 Å². The van der Waals surface area contributed by atoms with E-state index in [1.807, 2.05) is 19.1 Å². The van der Waals surface area contributed by atoms with Crippen molar-refractivity contribution in [3.63, 3.8) is 0 Å². The molecule has 0 unspecified atom stereocenters. The van der Waals surface area contributed by atoms with Crippen molar-refractivity contribution in [2.75, 3.05) is 19.6 Å². The van der Waals surface area contributed by atoms with E-state index in [4.69, 9.17) is 0 Å². The molecular weight excluding hydrogens is 362 g/mol. The topological polar surface area (TPSA) is 65.5 Å². The minimum Gasteiger partial charge on any atom is -0.390 e. The summed E-state index contributed by atoms with van der Waals surface area (Å²) in [5.74, 6) is 0.588. The van der Waals surface area contributed by atoms with E-state index in [0.29, 0.717) is 12.1 Å². The third-order valence-electron chi connectivity index (χ3n) is 6.17. The number of fused-ring (bicyclic) bond motifs is 1. The lowest BCUT2D eigenvalue weighted by Crippen LogP contribution is -2.42. The van der Waals surface area contributed by atoms with Crippen LogP contribution < -0.4 is 5.32 Å². The third-order valence-corrected chi connectivity index (χ3v) is 6.17. The second-order valence-electron chi connectivity index (χ2n) is 8.61. The Morgan fingerprint density at radius 1 is 1.28 bits per heavy atom. The van der Waals surface area contributed by atoms with E-state index in [-0.39, 0.29) is 12.5 Å². The van der Waals surface area contributed by atoms with Gasteiger partial charge in [-0.05, 0) is 48.9 Å². The average molecular weight is 394 g/mol. The van der Waals surface area contributed by atoms with Gasteiger partial charge in [0.1, 0.15) is 0 Å². The molecule has 5 heteroatoms. The summed E-state index contributed by atoms with van der Waals surface area (Å²) in [5.41, 5.74) is 5.26. The summed E-state index contributed by atoms with van der Waals surface area (Å²) >= 11 is 0. The van der Waals surface area contributed by atoms with Crippen LogP contribution >= 0.6 is 0 Å². The van der Waals surface area contributed by atoms with Crippen LogP contribution in [0.2, 0.25) is 0 Å². The van der Waals surface area contributed by atoms with E-state index in [2.05, 4.69) is 39.5 Å². The van der Waals surface area contributed by atoms with Crippen LogP contribution in [0.4, 0.5) is 0 Å². The van der Waals surface area contributed by atoms with Crippen LogP contribution in [-0.2, 0) is 19.4 Å². The van der Waals surface area contributed by atoms with E-state index in [0.717, 1.165) is 43.2 Å². The Morgan fingerprint density at radius 3 is 2.83 bits per heavy atom. The van der Waals surface area contributed by atoms with Gasteiger partial charge in [-0.15, -0.1) is 0 Å². The molecule has 1 aliphatic carbocycles. The number of benzene rings is 1. The van der Waals surface area contributed by atoms with Gasteiger partial charge in [-0.1, -0.05) is 43.5 Å². The number of pyridine rings is 1. The number of aromatic nitrogens is 1. The molecule has 2 N–H and O–H groups in total. The average Bonchev–Trinajstić information content (AvgIpc) is 2.68. The molecule has 1 aromatic heterocycles. The highest BCUT2D eigenvalue weighted by Gasteiger charge is 2.21. The first-order valence-electron chi connectivity index (χ1n) is 10.8. The first kappa shape index (κ1) is 20.0. The number of aliphatic hydroxyl groups is 1. The van der Waals surface area contributed by atoms with Gasteiger partial charge in [0.2, 0.25) is 0 Å². The normalized spacial score (nSPS) is 18.0. The third kappa shape index (κ3) is 5.22. The maximum atomic E-state index is 12.6. The fraction of sp³-hybridized carbons (Fsp3) is 0.500. The van der Waals surface area contributed by atoms with Crippen LogP contribution in [0.3, 0.4) is 0 Å². The number of carbonyl (C=O) groups excluding carboxylic acids is 1. The Bertz CT molecular complexity index is 863. The van der Waals surface area contributed by atoms with Crippen LogP contribution in [0.25, 0.3) is 0 Å². The molecule has 1 saturated carbocycles. The number of rotatable bonds is 7. The first-order valence-corrected chi connectivity index (χ1v) is 10.8. The predicted octanol–water partition coefficient (Wildman–Crippen LogP) is 2.88. The molecule has 154 valence electrons. The quantitative estimate of drug-likeness (QED) is 0.759. The Kier molecular flexibility index (Phi) is 6.26. The number of nitrogens with zero attached hydrogens (tertiary/aromatic N) is 2. The smallest absolute Gasteiger partial charge is 0.251 e. The van der Waals surface area contributed by atoms with Gasteiger partial charge in [0.15, 0.2) is 0 Å². The van der Waals surface area contributed by atoms with Crippen molar-refractivity contribution in [2.45, 2.75) is 51.7 Å². The van der Waals surface area contributed by atoms with Gasteiger partial charge in [-0.25, -0.2) is 0 Å². The molecule has 0 bridgehead atoms. The summed E-state index contributed by atoms with van der Waals surface area (Å²) in [4.78, 5) is 19.5. The van der Waals surface area contributed by atoms with Gasteiger partial charge < -0.3 is 10.4 Å². The van der Waals surface area contributed by atoms with Crippen molar-refractivity contribution in [2.24, 2.45) is 5.92 Å². The second kappa shape index (κ2) is 9.06. The zero-order chi connectivity index (χ0) is 20.2. The van der Waals surface area contributed by atoms with Crippen LogP contribution in [0.1, 0.15) is 52.1 Å². The van der Waals surface area contributed by atoms with Crippen molar-refractivity contribution in [3.8, 4) is 0 Å². The Labute approximate surface area is 173 Å².